The first-order chi connectivity index (χ1) is 10.5. The van der Waals surface area contributed by atoms with Crippen molar-refractivity contribution in [3.8, 4) is 0 Å². The van der Waals surface area contributed by atoms with E-state index in [-0.39, 0.29) is 0 Å². The van der Waals surface area contributed by atoms with Crippen LogP contribution < -0.4 is 5.32 Å². The summed E-state index contributed by atoms with van der Waals surface area (Å²) in [4.78, 5) is 17.3. The molecule has 4 heteroatoms. The van der Waals surface area contributed by atoms with E-state index in [0.717, 1.165) is 51.5 Å². The Morgan fingerprint density at radius 2 is 2.00 bits per heavy atom. The first kappa shape index (κ1) is 17.7. The summed E-state index contributed by atoms with van der Waals surface area (Å²) in [6.07, 6.45) is 4.30. The average Bonchev–Trinajstić information content (AvgIpc) is 2.54. The van der Waals surface area contributed by atoms with Gasteiger partial charge in [0.25, 0.3) is 0 Å². The molecule has 2 aliphatic rings. The normalized spacial score (nSPS) is 29.3. The Kier molecular flexibility index (Phi) is 6.69. The minimum atomic E-state index is 0.354. The maximum Gasteiger partial charge on any atom is 0.222 e. The van der Waals surface area contributed by atoms with E-state index in [2.05, 4.69) is 35.9 Å². The average molecular weight is 309 g/mol. The lowest BCUT2D eigenvalue weighted by Gasteiger charge is -2.41. The molecule has 2 rings (SSSR count). The molecule has 2 heterocycles. The van der Waals surface area contributed by atoms with Gasteiger partial charge in [-0.05, 0) is 56.7 Å². The number of nitrogens with one attached hydrogen (secondary N) is 1. The summed E-state index contributed by atoms with van der Waals surface area (Å²) in [6.45, 7) is 12.4. The maximum atomic E-state index is 12.7. The van der Waals surface area contributed by atoms with Crippen LogP contribution in [0.5, 0.6) is 0 Å². The molecule has 0 spiro atoms. The van der Waals surface area contributed by atoms with Crippen molar-refractivity contribution in [1.82, 2.24) is 15.1 Å². The molecule has 128 valence electrons. The van der Waals surface area contributed by atoms with Gasteiger partial charge in [-0.3, -0.25) is 4.79 Å². The highest BCUT2D eigenvalue weighted by atomic mass is 16.2. The summed E-state index contributed by atoms with van der Waals surface area (Å²) in [6, 6.07) is 0.426. The monoisotopic (exact) mass is 309 g/mol. The zero-order valence-corrected chi connectivity index (χ0v) is 15.0. The molecule has 4 nitrogen and oxygen atoms in total. The van der Waals surface area contributed by atoms with Gasteiger partial charge in [-0.1, -0.05) is 20.8 Å². The lowest BCUT2D eigenvalue weighted by molar-refractivity contribution is -0.135. The van der Waals surface area contributed by atoms with Gasteiger partial charge in [0.15, 0.2) is 0 Å². The van der Waals surface area contributed by atoms with Crippen LogP contribution >= 0.6 is 0 Å². The second-order valence-electron chi connectivity index (χ2n) is 7.50. The summed E-state index contributed by atoms with van der Waals surface area (Å²) < 4.78 is 0. The zero-order chi connectivity index (χ0) is 16.1. The Labute approximate surface area is 136 Å². The summed E-state index contributed by atoms with van der Waals surface area (Å²) in [7, 11) is 2.03. The molecular formula is C18H35N3O. The van der Waals surface area contributed by atoms with Gasteiger partial charge >= 0.3 is 0 Å². The van der Waals surface area contributed by atoms with Crippen LogP contribution in [-0.2, 0) is 4.79 Å². The molecule has 1 N–H and O–H groups in total. The Morgan fingerprint density at radius 1 is 1.32 bits per heavy atom. The van der Waals surface area contributed by atoms with Gasteiger partial charge in [0.05, 0.1) is 0 Å². The number of carbonyl (C=O) groups excluding carboxylic acids is 1. The molecule has 2 fully saturated rings. The molecule has 22 heavy (non-hydrogen) atoms. The largest absolute Gasteiger partial charge is 0.342 e. The first-order valence-corrected chi connectivity index (χ1v) is 9.21. The maximum absolute atomic E-state index is 12.7. The number of nitrogens with zero attached hydrogens (tertiary/aromatic N) is 2. The lowest BCUT2D eigenvalue weighted by Crippen LogP contribution is -2.50. The van der Waals surface area contributed by atoms with Crippen molar-refractivity contribution in [2.75, 3.05) is 39.8 Å². The molecule has 0 aromatic heterocycles. The van der Waals surface area contributed by atoms with Gasteiger partial charge in [-0.15, -0.1) is 0 Å². The minimum absolute atomic E-state index is 0.354. The van der Waals surface area contributed by atoms with Crippen molar-refractivity contribution in [2.24, 2.45) is 17.8 Å². The molecule has 2 saturated heterocycles. The fourth-order valence-electron chi connectivity index (χ4n) is 4.27. The minimum Gasteiger partial charge on any atom is -0.342 e. The Hall–Kier alpha value is -0.610. The molecule has 1 amide bonds. The van der Waals surface area contributed by atoms with Crippen molar-refractivity contribution < 1.29 is 4.79 Å². The number of piperidine rings is 2. The van der Waals surface area contributed by atoms with Crippen molar-refractivity contribution in [3.05, 3.63) is 0 Å². The third-order valence-corrected chi connectivity index (χ3v) is 5.97. The summed E-state index contributed by atoms with van der Waals surface area (Å²) in [5.74, 6) is 2.17. The third kappa shape index (κ3) is 4.45. The quantitative estimate of drug-likeness (QED) is 0.846. The SMILES string of the molecule is CCN1CC[C@H](N(C)C(=O)C[C@@H](C)C2CCNCC2)[C@H](C)C1. The number of rotatable bonds is 5. The number of hydrogen-bond donors (Lipinski definition) is 1. The zero-order valence-electron chi connectivity index (χ0n) is 15.0. The Bertz CT molecular complexity index is 354. The number of hydrogen-bond acceptors (Lipinski definition) is 3. The van der Waals surface area contributed by atoms with E-state index in [1.54, 1.807) is 0 Å². The van der Waals surface area contributed by atoms with Crippen LogP contribution in [0, 0.1) is 17.8 Å². The molecule has 2 aliphatic heterocycles. The van der Waals surface area contributed by atoms with Gasteiger partial charge in [-0.2, -0.15) is 0 Å². The van der Waals surface area contributed by atoms with Gasteiger partial charge in [-0.25, -0.2) is 0 Å². The molecule has 0 bridgehead atoms. The standard InChI is InChI=1S/C18H35N3O/c1-5-21-11-8-17(15(3)13-21)20(4)18(22)12-14(2)16-6-9-19-10-7-16/h14-17,19H,5-13H2,1-4H3/t14-,15-,17+/m1/s1. The summed E-state index contributed by atoms with van der Waals surface area (Å²) in [5.41, 5.74) is 0. The van der Waals surface area contributed by atoms with E-state index in [0.29, 0.717) is 23.8 Å². The first-order valence-electron chi connectivity index (χ1n) is 9.21. The molecule has 0 radical (unpaired) electrons. The molecule has 0 aromatic carbocycles. The van der Waals surface area contributed by atoms with Crippen molar-refractivity contribution in [3.63, 3.8) is 0 Å². The Balaban J connectivity index is 1.83. The van der Waals surface area contributed by atoms with Crippen LogP contribution in [-0.4, -0.2) is 61.5 Å². The predicted octanol–water partition coefficient (Wildman–Crippen LogP) is 2.20. The molecule has 0 aromatic rings. The lowest BCUT2D eigenvalue weighted by atomic mass is 9.83. The van der Waals surface area contributed by atoms with E-state index in [9.17, 15) is 4.79 Å². The van der Waals surface area contributed by atoms with E-state index in [1.165, 1.54) is 12.8 Å². The summed E-state index contributed by atoms with van der Waals surface area (Å²) >= 11 is 0. The second kappa shape index (κ2) is 8.30. The highest BCUT2D eigenvalue weighted by molar-refractivity contribution is 5.76. The van der Waals surface area contributed by atoms with E-state index in [4.69, 9.17) is 0 Å². The van der Waals surface area contributed by atoms with Crippen molar-refractivity contribution in [1.29, 1.82) is 0 Å². The number of carbonyl (C=O) groups is 1. The van der Waals surface area contributed by atoms with Crippen LogP contribution in [0.4, 0.5) is 0 Å². The predicted molar refractivity (Wildman–Crippen MR) is 91.8 cm³/mol. The van der Waals surface area contributed by atoms with Crippen LogP contribution in [0.3, 0.4) is 0 Å². The highest BCUT2D eigenvalue weighted by Crippen LogP contribution is 2.27. The molecule has 0 unspecified atom stereocenters. The highest BCUT2D eigenvalue weighted by Gasteiger charge is 2.31. The van der Waals surface area contributed by atoms with Gasteiger partial charge < -0.3 is 15.1 Å². The summed E-state index contributed by atoms with van der Waals surface area (Å²) in [5, 5.41) is 3.41. The fourth-order valence-corrected chi connectivity index (χ4v) is 4.27. The molecule has 0 aliphatic carbocycles. The van der Waals surface area contributed by atoms with Gasteiger partial charge in [0, 0.05) is 32.6 Å². The van der Waals surface area contributed by atoms with Gasteiger partial charge in [0.1, 0.15) is 0 Å². The van der Waals surface area contributed by atoms with Crippen LogP contribution in [0.25, 0.3) is 0 Å². The number of amides is 1. The molecule has 3 atom stereocenters. The smallest absolute Gasteiger partial charge is 0.222 e. The van der Waals surface area contributed by atoms with E-state index in [1.807, 2.05) is 7.05 Å². The van der Waals surface area contributed by atoms with Gasteiger partial charge in [0.2, 0.25) is 5.91 Å². The molecule has 0 saturated carbocycles. The van der Waals surface area contributed by atoms with E-state index >= 15 is 0 Å². The van der Waals surface area contributed by atoms with Crippen molar-refractivity contribution >= 4 is 5.91 Å². The van der Waals surface area contributed by atoms with E-state index < -0.39 is 0 Å². The number of likely N-dealkylation sites (tertiary alicyclic amines) is 1. The van der Waals surface area contributed by atoms with Crippen LogP contribution in [0.15, 0.2) is 0 Å². The van der Waals surface area contributed by atoms with Crippen LogP contribution in [0.1, 0.15) is 46.5 Å². The van der Waals surface area contributed by atoms with Crippen molar-refractivity contribution in [2.45, 2.75) is 52.5 Å². The fraction of sp³-hybridized carbons (Fsp3) is 0.944. The second-order valence-corrected chi connectivity index (χ2v) is 7.50. The molecular weight excluding hydrogens is 274 g/mol. The Morgan fingerprint density at radius 3 is 2.59 bits per heavy atom. The topological polar surface area (TPSA) is 35.6 Å². The third-order valence-electron chi connectivity index (χ3n) is 5.97. The van der Waals surface area contributed by atoms with Crippen LogP contribution in [0.2, 0.25) is 0 Å².